The number of imidazole rings is 1. The summed E-state index contributed by atoms with van der Waals surface area (Å²) < 4.78 is 14.8. The Morgan fingerprint density at radius 2 is 1.72 bits per heavy atom. The zero-order valence-electron chi connectivity index (χ0n) is 17.0. The first-order valence-corrected chi connectivity index (χ1v) is 9.86. The van der Waals surface area contributed by atoms with Crippen molar-refractivity contribution in [2.24, 2.45) is 0 Å². The molecule has 0 aliphatic heterocycles. The summed E-state index contributed by atoms with van der Waals surface area (Å²) in [6.45, 7) is 0. The van der Waals surface area contributed by atoms with Crippen molar-refractivity contribution < 1.29 is 14.0 Å². The highest BCUT2D eigenvalue weighted by Gasteiger charge is 2.13. The maximum atomic E-state index is 13.0. The molecule has 0 radical (unpaired) electrons. The number of rotatable bonds is 5. The Hall–Kier alpha value is -4.50. The van der Waals surface area contributed by atoms with Gasteiger partial charge in [-0.1, -0.05) is 30.0 Å². The number of carbonyl (C=O) groups excluding carboxylic acids is 2. The fourth-order valence-corrected chi connectivity index (χ4v) is 3.06. The predicted molar refractivity (Wildman–Crippen MR) is 120 cm³/mol. The highest BCUT2D eigenvalue weighted by atomic mass is 19.1. The molecule has 1 aromatic heterocycles. The van der Waals surface area contributed by atoms with Crippen LogP contribution in [0, 0.1) is 17.7 Å². The highest BCUT2D eigenvalue weighted by molar-refractivity contribution is 6.11. The van der Waals surface area contributed by atoms with Crippen LogP contribution >= 0.6 is 0 Å². The summed E-state index contributed by atoms with van der Waals surface area (Å²) in [5.41, 5.74) is 3.16. The van der Waals surface area contributed by atoms with Gasteiger partial charge in [0.25, 0.3) is 0 Å². The summed E-state index contributed by atoms with van der Waals surface area (Å²) in [6.07, 6.45) is 4.80. The van der Waals surface area contributed by atoms with Crippen LogP contribution in [-0.2, 0) is 4.79 Å². The van der Waals surface area contributed by atoms with Gasteiger partial charge in [0.1, 0.15) is 5.82 Å². The smallest absolute Gasteiger partial charge is 0.232 e. The normalized spacial score (nSPS) is 10.2. The molecule has 4 rings (SSSR count). The second-order valence-corrected chi connectivity index (χ2v) is 7.01. The molecule has 6 heteroatoms. The van der Waals surface area contributed by atoms with E-state index in [0.717, 1.165) is 5.69 Å². The average Bonchev–Trinajstić information content (AvgIpc) is 3.34. The van der Waals surface area contributed by atoms with Gasteiger partial charge in [-0.3, -0.25) is 9.59 Å². The van der Waals surface area contributed by atoms with E-state index >= 15 is 0 Å². The van der Waals surface area contributed by atoms with Gasteiger partial charge in [-0.05, 0) is 54.6 Å². The fraction of sp³-hybridized carbons (Fsp3) is 0.0385. The Kier molecular flexibility index (Phi) is 6.19. The molecule has 0 spiro atoms. The second kappa shape index (κ2) is 9.54. The minimum atomic E-state index is -0.410. The highest BCUT2D eigenvalue weighted by Crippen LogP contribution is 2.14. The van der Waals surface area contributed by atoms with Crippen molar-refractivity contribution in [3.05, 3.63) is 114 Å². The molecular formula is C26H18FN3O2. The number of hydrogen-bond acceptors (Lipinski definition) is 3. The first kappa shape index (κ1) is 20.8. The lowest BCUT2D eigenvalue weighted by molar-refractivity contribution is -0.115. The van der Waals surface area contributed by atoms with Crippen molar-refractivity contribution in [2.75, 3.05) is 5.32 Å². The molecule has 5 nitrogen and oxygen atoms in total. The Balaban J connectivity index is 1.40. The molecule has 4 aromatic rings. The largest absolute Gasteiger partial charge is 0.326 e. The third kappa shape index (κ3) is 5.35. The zero-order valence-corrected chi connectivity index (χ0v) is 17.0. The topological polar surface area (TPSA) is 64.0 Å². The molecule has 0 saturated carbocycles. The monoisotopic (exact) mass is 423 g/mol. The van der Waals surface area contributed by atoms with Crippen molar-refractivity contribution >= 4 is 17.4 Å². The van der Waals surface area contributed by atoms with Gasteiger partial charge < -0.3 is 9.88 Å². The molecule has 0 atom stereocenters. The molecule has 0 bridgehead atoms. The first-order valence-electron chi connectivity index (χ1n) is 9.86. The van der Waals surface area contributed by atoms with Gasteiger partial charge >= 0.3 is 0 Å². The van der Waals surface area contributed by atoms with Crippen LogP contribution in [0.25, 0.3) is 5.69 Å². The number of amides is 1. The number of halogens is 1. The second-order valence-electron chi connectivity index (χ2n) is 7.01. The van der Waals surface area contributed by atoms with Crippen LogP contribution in [0.1, 0.15) is 27.9 Å². The number of hydrogen-bond donors (Lipinski definition) is 1. The maximum absolute atomic E-state index is 13.0. The summed E-state index contributed by atoms with van der Waals surface area (Å²) in [5.74, 6) is 4.92. The van der Waals surface area contributed by atoms with E-state index in [1.807, 2.05) is 6.07 Å². The number of nitrogens with zero attached hydrogens (tertiary/aromatic N) is 2. The molecule has 1 amide bonds. The standard InChI is InChI=1S/C26H18FN3O2/c27-22-11-9-19(10-12-22)7-8-20-3-1-5-23(15-20)29-26(32)17-25(31)21-4-2-6-24(16-21)30-14-13-28-18-30/h1-6,9-16,18H,17H2,(H,29,32). The van der Waals surface area contributed by atoms with Crippen molar-refractivity contribution in [2.45, 2.75) is 6.42 Å². The number of benzene rings is 3. The third-order valence-electron chi connectivity index (χ3n) is 4.63. The lowest BCUT2D eigenvalue weighted by atomic mass is 10.1. The van der Waals surface area contributed by atoms with Gasteiger partial charge in [-0.25, -0.2) is 9.37 Å². The first-order chi connectivity index (χ1) is 15.6. The van der Waals surface area contributed by atoms with Gasteiger partial charge in [-0.2, -0.15) is 0 Å². The summed E-state index contributed by atoms with van der Waals surface area (Å²) in [5, 5.41) is 2.74. The number of carbonyl (C=O) groups is 2. The van der Waals surface area contributed by atoms with Crippen LogP contribution in [0.15, 0.2) is 91.5 Å². The Morgan fingerprint density at radius 3 is 2.50 bits per heavy atom. The van der Waals surface area contributed by atoms with Gasteiger partial charge in [0.2, 0.25) is 5.91 Å². The summed E-state index contributed by atoms with van der Waals surface area (Å²) in [6, 6.07) is 19.9. The number of nitrogens with one attached hydrogen (secondary N) is 1. The predicted octanol–water partition coefficient (Wildman–Crippen LogP) is 4.62. The van der Waals surface area contributed by atoms with Crippen molar-refractivity contribution in [3.63, 3.8) is 0 Å². The van der Waals surface area contributed by atoms with Crippen LogP contribution in [0.3, 0.4) is 0 Å². The molecular weight excluding hydrogens is 405 g/mol. The van der Waals surface area contributed by atoms with E-state index in [9.17, 15) is 14.0 Å². The van der Waals surface area contributed by atoms with E-state index in [0.29, 0.717) is 22.4 Å². The fourth-order valence-electron chi connectivity index (χ4n) is 3.06. The van der Waals surface area contributed by atoms with E-state index in [2.05, 4.69) is 22.1 Å². The third-order valence-corrected chi connectivity index (χ3v) is 4.63. The summed E-state index contributed by atoms with van der Waals surface area (Å²) in [7, 11) is 0. The van der Waals surface area contributed by atoms with E-state index in [4.69, 9.17) is 0 Å². The SMILES string of the molecule is O=C(CC(=O)c1cccc(-n2ccnc2)c1)Nc1cccc(C#Cc2ccc(F)cc2)c1. The van der Waals surface area contributed by atoms with Crippen molar-refractivity contribution in [1.82, 2.24) is 9.55 Å². The number of ketones is 1. The summed E-state index contributed by atoms with van der Waals surface area (Å²) >= 11 is 0. The van der Waals surface area contributed by atoms with Gasteiger partial charge in [0.15, 0.2) is 5.78 Å². The number of Topliss-reactive ketones (excluding diaryl/α,β-unsaturated/α-hetero) is 1. The van der Waals surface area contributed by atoms with E-state index in [1.54, 1.807) is 77.9 Å². The lowest BCUT2D eigenvalue weighted by Gasteiger charge is -2.07. The van der Waals surface area contributed by atoms with Crippen LogP contribution in [0.5, 0.6) is 0 Å². The van der Waals surface area contributed by atoms with Gasteiger partial charge in [0.05, 0.1) is 12.7 Å². The van der Waals surface area contributed by atoms with Crippen LogP contribution in [-0.4, -0.2) is 21.2 Å². The van der Waals surface area contributed by atoms with Crippen LogP contribution < -0.4 is 5.32 Å². The molecule has 0 saturated heterocycles. The average molecular weight is 423 g/mol. The molecule has 156 valence electrons. The molecule has 1 heterocycles. The summed E-state index contributed by atoms with van der Waals surface area (Å²) in [4.78, 5) is 29.0. The quantitative estimate of drug-likeness (QED) is 0.289. The van der Waals surface area contributed by atoms with Crippen molar-refractivity contribution in [3.8, 4) is 17.5 Å². The molecule has 0 aliphatic rings. The van der Waals surface area contributed by atoms with E-state index in [1.165, 1.54) is 12.1 Å². The minimum Gasteiger partial charge on any atom is -0.326 e. The minimum absolute atomic E-state index is 0.279. The number of aromatic nitrogens is 2. The zero-order chi connectivity index (χ0) is 22.3. The molecule has 3 aromatic carbocycles. The molecule has 1 N–H and O–H groups in total. The molecule has 0 aliphatic carbocycles. The van der Waals surface area contributed by atoms with Gasteiger partial charge in [-0.15, -0.1) is 0 Å². The Morgan fingerprint density at radius 1 is 0.938 bits per heavy atom. The van der Waals surface area contributed by atoms with Gasteiger partial charge in [0, 0.05) is 40.5 Å². The molecule has 0 unspecified atom stereocenters. The molecule has 0 fully saturated rings. The lowest BCUT2D eigenvalue weighted by Crippen LogP contribution is -2.16. The Labute approximate surface area is 184 Å². The van der Waals surface area contributed by atoms with Crippen molar-refractivity contribution in [1.29, 1.82) is 0 Å². The van der Waals surface area contributed by atoms with E-state index < -0.39 is 5.91 Å². The maximum Gasteiger partial charge on any atom is 0.232 e. The number of anilines is 1. The Bertz CT molecular complexity index is 1320. The van der Waals surface area contributed by atoms with E-state index in [-0.39, 0.29) is 18.0 Å². The van der Waals surface area contributed by atoms with Crippen LogP contribution in [0.2, 0.25) is 0 Å². The molecule has 32 heavy (non-hydrogen) atoms. The van der Waals surface area contributed by atoms with Crippen LogP contribution in [0.4, 0.5) is 10.1 Å².